The molecule has 8 nitrogen and oxygen atoms in total. The molecule has 0 atom stereocenters. The standard InChI is InChI=1S/C10H13N3O5/c1-13(5-8(11)14)10(17)12-4-6-2-3-7(18-6)9(15)16/h2-3H,4-5H2,1H3,(H2,11,14)(H,12,17)(H,15,16). The molecule has 0 saturated heterocycles. The number of amides is 3. The van der Waals surface area contributed by atoms with E-state index in [4.69, 9.17) is 15.3 Å². The van der Waals surface area contributed by atoms with E-state index in [-0.39, 0.29) is 18.8 Å². The summed E-state index contributed by atoms with van der Waals surface area (Å²) < 4.78 is 4.93. The summed E-state index contributed by atoms with van der Waals surface area (Å²) in [6.45, 7) is -0.181. The van der Waals surface area contributed by atoms with Gasteiger partial charge in [0.25, 0.3) is 0 Å². The molecule has 1 aromatic rings. The third-order valence-electron chi connectivity index (χ3n) is 2.03. The molecule has 0 saturated carbocycles. The van der Waals surface area contributed by atoms with Crippen molar-refractivity contribution in [1.29, 1.82) is 0 Å². The van der Waals surface area contributed by atoms with Crippen molar-refractivity contribution in [3.05, 3.63) is 23.7 Å². The fourth-order valence-electron chi connectivity index (χ4n) is 1.19. The summed E-state index contributed by atoms with van der Waals surface area (Å²) in [5.74, 6) is -1.71. The van der Waals surface area contributed by atoms with Gasteiger partial charge in [0.15, 0.2) is 0 Å². The second-order valence-electron chi connectivity index (χ2n) is 3.55. The van der Waals surface area contributed by atoms with Gasteiger partial charge >= 0.3 is 12.0 Å². The maximum atomic E-state index is 11.4. The molecule has 0 aromatic carbocycles. The van der Waals surface area contributed by atoms with Gasteiger partial charge in [-0.25, -0.2) is 9.59 Å². The van der Waals surface area contributed by atoms with Crippen LogP contribution in [0.15, 0.2) is 16.5 Å². The monoisotopic (exact) mass is 255 g/mol. The highest BCUT2D eigenvalue weighted by Gasteiger charge is 2.12. The molecule has 98 valence electrons. The summed E-state index contributed by atoms with van der Waals surface area (Å²) in [6, 6.07) is 2.22. The number of carboxylic acids is 1. The zero-order valence-electron chi connectivity index (χ0n) is 9.67. The molecule has 0 aliphatic carbocycles. The quantitative estimate of drug-likeness (QED) is 0.660. The first-order chi connectivity index (χ1) is 8.40. The van der Waals surface area contributed by atoms with Crippen molar-refractivity contribution >= 4 is 17.9 Å². The predicted octanol–water partition coefficient (Wildman–Crippen LogP) is -0.395. The van der Waals surface area contributed by atoms with Crippen molar-refractivity contribution in [1.82, 2.24) is 10.2 Å². The lowest BCUT2D eigenvalue weighted by Crippen LogP contribution is -2.41. The van der Waals surface area contributed by atoms with E-state index in [1.165, 1.54) is 19.2 Å². The Morgan fingerprint density at radius 3 is 2.61 bits per heavy atom. The van der Waals surface area contributed by atoms with E-state index in [1.807, 2.05) is 0 Å². The normalized spacial score (nSPS) is 9.83. The third kappa shape index (κ3) is 3.81. The van der Waals surface area contributed by atoms with Crippen molar-refractivity contribution < 1.29 is 23.9 Å². The average Bonchev–Trinajstić information content (AvgIpc) is 2.73. The SMILES string of the molecule is CN(CC(N)=O)C(=O)NCc1ccc(C(=O)O)o1. The number of rotatable bonds is 5. The number of nitrogens with one attached hydrogen (secondary N) is 1. The lowest BCUT2D eigenvalue weighted by molar-refractivity contribution is -0.118. The minimum atomic E-state index is -1.18. The van der Waals surface area contributed by atoms with Crippen LogP contribution >= 0.6 is 0 Å². The van der Waals surface area contributed by atoms with Crippen LogP contribution in [0.2, 0.25) is 0 Å². The van der Waals surface area contributed by atoms with Crippen LogP contribution in [0.1, 0.15) is 16.3 Å². The van der Waals surface area contributed by atoms with Crippen LogP contribution in [0.25, 0.3) is 0 Å². The highest BCUT2D eigenvalue weighted by atomic mass is 16.4. The smallest absolute Gasteiger partial charge is 0.371 e. The number of likely N-dealkylation sites (N-methyl/N-ethyl adjacent to an activating group) is 1. The van der Waals surface area contributed by atoms with Crippen LogP contribution in [-0.4, -0.2) is 41.5 Å². The number of carbonyl (C=O) groups is 3. The average molecular weight is 255 g/mol. The Labute approximate surface area is 102 Å². The number of hydrogen-bond donors (Lipinski definition) is 3. The molecule has 0 bridgehead atoms. The zero-order valence-corrected chi connectivity index (χ0v) is 9.67. The van der Waals surface area contributed by atoms with E-state index in [0.29, 0.717) is 5.76 Å². The van der Waals surface area contributed by atoms with Crippen LogP contribution in [-0.2, 0) is 11.3 Å². The van der Waals surface area contributed by atoms with Gasteiger partial charge in [-0.2, -0.15) is 0 Å². The first-order valence-corrected chi connectivity index (χ1v) is 4.99. The summed E-state index contributed by atoms with van der Waals surface area (Å²) in [6.07, 6.45) is 0. The fourth-order valence-corrected chi connectivity index (χ4v) is 1.19. The van der Waals surface area contributed by atoms with Gasteiger partial charge in [-0.15, -0.1) is 0 Å². The molecule has 3 amide bonds. The second kappa shape index (κ2) is 5.71. The second-order valence-corrected chi connectivity index (χ2v) is 3.55. The van der Waals surface area contributed by atoms with E-state index in [1.54, 1.807) is 0 Å². The van der Waals surface area contributed by atoms with E-state index in [0.717, 1.165) is 4.90 Å². The van der Waals surface area contributed by atoms with Gasteiger partial charge in [-0.05, 0) is 12.1 Å². The lowest BCUT2D eigenvalue weighted by atomic mass is 10.4. The summed E-state index contributed by atoms with van der Waals surface area (Å²) >= 11 is 0. The molecule has 0 fully saturated rings. The first-order valence-electron chi connectivity index (χ1n) is 4.99. The Kier molecular flexibility index (Phi) is 4.30. The lowest BCUT2D eigenvalue weighted by Gasteiger charge is -2.15. The van der Waals surface area contributed by atoms with Crippen molar-refractivity contribution in [2.45, 2.75) is 6.54 Å². The van der Waals surface area contributed by atoms with E-state index in [2.05, 4.69) is 5.32 Å². The van der Waals surface area contributed by atoms with Crippen LogP contribution in [0, 0.1) is 0 Å². The molecule has 1 aromatic heterocycles. The largest absolute Gasteiger partial charge is 0.475 e. The Hall–Kier alpha value is -2.51. The summed E-state index contributed by atoms with van der Waals surface area (Å²) in [5, 5.41) is 11.1. The van der Waals surface area contributed by atoms with Gasteiger partial charge < -0.3 is 25.5 Å². The van der Waals surface area contributed by atoms with Crippen molar-refractivity contribution in [2.75, 3.05) is 13.6 Å². The number of primary amides is 1. The van der Waals surface area contributed by atoms with Crippen LogP contribution in [0.5, 0.6) is 0 Å². The van der Waals surface area contributed by atoms with Gasteiger partial charge in [0.05, 0.1) is 6.54 Å². The molecule has 0 radical (unpaired) electrons. The highest BCUT2D eigenvalue weighted by Crippen LogP contribution is 2.07. The number of urea groups is 1. The van der Waals surface area contributed by atoms with Gasteiger partial charge in [0, 0.05) is 7.05 Å². The Morgan fingerprint density at radius 2 is 2.11 bits per heavy atom. The van der Waals surface area contributed by atoms with Crippen molar-refractivity contribution in [3.63, 3.8) is 0 Å². The minimum Gasteiger partial charge on any atom is -0.475 e. The fraction of sp³-hybridized carbons (Fsp3) is 0.300. The summed E-state index contributed by atoms with van der Waals surface area (Å²) in [5.41, 5.74) is 4.93. The third-order valence-corrected chi connectivity index (χ3v) is 2.03. The van der Waals surface area contributed by atoms with Gasteiger partial charge in [-0.1, -0.05) is 0 Å². The maximum absolute atomic E-state index is 11.4. The van der Waals surface area contributed by atoms with Crippen molar-refractivity contribution in [2.24, 2.45) is 5.73 Å². The predicted molar refractivity (Wildman–Crippen MR) is 59.7 cm³/mol. The van der Waals surface area contributed by atoms with E-state index >= 15 is 0 Å². The molecule has 1 rings (SSSR count). The molecule has 18 heavy (non-hydrogen) atoms. The number of carbonyl (C=O) groups excluding carboxylic acids is 2. The molecular weight excluding hydrogens is 242 g/mol. The maximum Gasteiger partial charge on any atom is 0.371 e. The number of aromatic carboxylic acids is 1. The van der Waals surface area contributed by atoms with Gasteiger partial charge in [0.1, 0.15) is 12.3 Å². The molecule has 0 aliphatic heterocycles. The number of carboxylic acid groups (broad SMARTS) is 1. The molecule has 4 N–H and O–H groups in total. The highest BCUT2D eigenvalue weighted by molar-refractivity contribution is 5.84. The minimum absolute atomic E-state index is 0.0230. The van der Waals surface area contributed by atoms with Crippen LogP contribution in [0.4, 0.5) is 4.79 Å². The van der Waals surface area contributed by atoms with E-state index in [9.17, 15) is 14.4 Å². The Morgan fingerprint density at radius 1 is 1.44 bits per heavy atom. The zero-order chi connectivity index (χ0) is 13.7. The van der Waals surface area contributed by atoms with Crippen molar-refractivity contribution in [3.8, 4) is 0 Å². The van der Waals surface area contributed by atoms with Crippen LogP contribution < -0.4 is 11.1 Å². The molecule has 0 aliphatic rings. The number of hydrogen-bond acceptors (Lipinski definition) is 4. The summed E-state index contributed by atoms with van der Waals surface area (Å²) in [7, 11) is 1.41. The van der Waals surface area contributed by atoms with E-state index < -0.39 is 17.9 Å². The Bertz CT molecular complexity index is 468. The molecule has 0 unspecified atom stereocenters. The molecule has 8 heteroatoms. The first kappa shape index (κ1) is 13.6. The number of furan rings is 1. The number of nitrogens with two attached hydrogens (primary N) is 1. The molecule has 0 spiro atoms. The van der Waals surface area contributed by atoms with Gasteiger partial charge in [0.2, 0.25) is 11.7 Å². The number of nitrogens with zero attached hydrogens (tertiary/aromatic N) is 1. The van der Waals surface area contributed by atoms with Gasteiger partial charge in [-0.3, -0.25) is 4.79 Å². The molecular formula is C10H13N3O5. The summed E-state index contributed by atoms with van der Waals surface area (Å²) in [4.78, 5) is 33.7. The van der Waals surface area contributed by atoms with Crippen LogP contribution in [0.3, 0.4) is 0 Å². The Balaban J connectivity index is 2.46. The molecule has 1 heterocycles. The topological polar surface area (TPSA) is 126 Å².